The van der Waals surface area contributed by atoms with Crippen LogP contribution in [0.5, 0.6) is 0 Å². The Balaban J connectivity index is 2.36. The molecule has 1 aromatic rings. The summed E-state index contributed by atoms with van der Waals surface area (Å²) in [7, 11) is 0. The van der Waals surface area contributed by atoms with Gasteiger partial charge in [-0.3, -0.25) is 0 Å². The summed E-state index contributed by atoms with van der Waals surface area (Å²) < 4.78 is 35.7. The molecule has 1 aliphatic rings. The number of anilines is 1. The molecule has 0 aliphatic carbocycles. The molecule has 0 bridgehead atoms. The van der Waals surface area contributed by atoms with E-state index >= 15 is 0 Å². The number of hydrogen-bond acceptors (Lipinski definition) is 5. The number of carbonyl (C=O) groups is 1. The highest BCUT2D eigenvalue weighted by molar-refractivity contribution is 5.93. The molecule has 2 rings (SSSR count). The summed E-state index contributed by atoms with van der Waals surface area (Å²) in [6.07, 6.45) is -1.61. The zero-order chi connectivity index (χ0) is 14.5. The number of esters is 1. The minimum atomic E-state index is -2.63. The maximum absolute atomic E-state index is 12.8. The predicted molar refractivity (Wildman–Crippen MR) is 68.2 cm³/mol. The average Bonchev–Trinajstić information content (AvgIpc) is 2.47. The fourth-order valence-electron chi connectivity index (χ4n) is 1.99. The number of ether oxygens (including phenoxy) is 2. The van der Waals surface area contributed by atoms with Gasteiger partial charge in [-0.2, -0.15) is 0 Å². The first-order valence-corrected chi connectivity index (χ1v) is 6.41. The van der Waals surface area contributed by atoms with Gasteiger partial charge in [-0.1, -0.05) is 0 Å². The molecule has 0 unspecified atom stereocenters. The van der Waals surface area contributed by atoms with E-state index in [9.17, 15) is 13.6 Å². The quantitative estimate of drug-likeness (QED) is 0.793. The number of alkyl halides is 2. The van der Waals surface area contributed by atoms with Crippen molar-refractivity contribution in [2.75, 3.05) is 37.8 Å². The van der Waals surface area contributed by atoms with E-state index in [0.29, 0.717) is 32.0 Å². The van der Waals surface area contributed by atoms with Crippen molar-refractivity contribution in [3.05, 3.63) is 23.5 Å². The SMILES string of the molecule is CCOC(=O)c1ncc(C(F)F)cc1N1CCOCC1. The Labute approximate surface area is 115 Å². The second kappa shape index (κ2) is 6.60. The van der Waals surface area contributed by atoms with Crippen LogP contribution in [0, 0.1) is 0 Å². The number of hydrogen-bond donors (Lipinski definition) is 0. The van der Waals surface area contributed by atoms with Gasteiger partial charge in [0.25, 0.3) is 6.43 Å². The molecule has 1 saturated heterocycles. The summed E-state index contributed by atoms with van der Waals surface area (Å²) in [5, 5.41) is 0. The molecule has 1 aromatic heterocycles. The molecular weight excluding hydrogens is 270 g/mol. The van der Waals surface area contributed by atoms with Crippen LogP contribution in [0.2, 0.25) is 0 Å². The lowest BCUT2D eigenvalue weighted by Gasteiger charge is -2.30. The van der Waals surface area contributed by atoms with Crippen molar-refractivity contribution < 1.29 is 23.0 Å². The first-order valence-electron chi connectivity index (χ1n) is 6.41. The Morgan fingerprint density at radius 3 is 2.80 bits per heavy atom. The van der Waals surface area contributed by atoms with Crippen molar-refractivity contribution in [3.8, 4) is 0 Å². The lowest BCUT2D eigenvalue weighted by molar-refractivity contribution is 0.0518. The van der Waals surface area contributed by atoms with E-state index in [4.69, 9.17) is 9.47 Å². The number of morpholine rings is 1. The highest BCUT2D eigenvalue weighted by atomic mass is 19.3. The van der Waals surface area contributed by atoms with E-state index in [1.165, 1.54) is 6.07 Å². The number of nitrogens with zero attached hydrogens (tertiary/aromatic N) is 2. The molecule has 1 aliphatic heterocycles. The van der Waals surface area contributed by atoms with E-state index in [1.807, 2.05) is 4.90 Å². The van der Waals surface area contributed by atoms with Gasteiger partial charge in [0.05, 0.1) is 25.5 Å². The lowest BCUT2D eigenvalue weighted by atomic mass is 10.2. The van der Waals surface area contributed by atoms with Gasteiger partial charge in [0, 0.05) is 24.8 Å². The highest BCUT2D eigenvalue weighted by Crippen LogP contribution is 2.27. The van der Waals surface area contributed by atoms with Crippen LogP contribution in [0.3, 0.4) is 0 Å². The van der Waals surface area contributed by atoms with Crippen molar-refractivity contribution in [1.82, 2.24) is 4.98 Å². The second-order valence-electron chi connectivity index (χ2n) is 4.26. The van der Waals surface area contributed by atoms with Crippen LogP contribution in [0.15, 0.2) is 12.3 Å². The topological polar surface area (TPSA) is 51.7 Å². The van der Waals surface area contributed by atoms with E-state index in [2.05, 4.69) is 4.98 Å². The Morgan fingerprint density at radius 1 is 1.50 bits per heavy atom. The first kappa shape index (κ1) is 14.6. The number of halogens is 2. The molecule has 2 heterocycles. The van der Waals surface area contributed by atoms with Crippen LogP contribution in [0.4, 0.5) is 14.5 Å². The molecule has 0 amide bonds. The van der Waals surface area contributed by atoms with Gasteiger partial charge in [0.1, 0.15) is 0 Å². The van der Waals surface area contributed by atoms with Gasteiger partial charge < -0.3 is 14.4 Å². The molecule has 0 radical (unpaired) electrons. The highest BCUT2D eigenvalue weighted by Gasteiger charge is 2.23. The molecule has 0 atom stereocenters. The van der Waals surface area contributed by atoms with Crippen molar-refractivity contribution in [2.45, 2.75) is 13.3 Å². The maximum atomic E-state index is 12.8. The summed E-state index contributed by atoms with van der Waals surface area (Å²) in [5.41, 5.74) is 0.238. The van der Waals surface area contributed by atoms with Crippen LogP contribution in [-0.2, 0) is 9.47 Å². The zero-order valence-corrected chi connectivity index (χ0v) is 11.1. The van der Waals surface area contributed by atoms with Crippen LogP contribution in [-0.4, -0.2) is 43.9 Å². The van der Waals surface area contributed by atoms with E-state index < -0.39 is 12.4 Å². The van der Waals surface area contributed by atoms with Crippen LogP contribution >= 0.6 is 0 Å². The van der Waals surface area contributed by atoms with E-state index in [0.717, 1.165) is 6.20 Å². The number of aromatic nitrogens is 1. The zero-order valence-electron chi connectivity index (χ0n) is 11.1. The summed E-state index contributed by atoms with van der Waals surface area (Å²) in [5.74, 6) is -0.602. The summed E-state index contributed by atoms with van der Waals surface area (Å²) in [4.78, 5) is 17.5. The number of carbonyl (C=O) groups excluding carboxylic acids is 1. The van der Waals surface area contributed by atoms with Gasteiger partial charge >= 0.3 is 5.97 Å². The third kappa shape index (κ3) is 3.22. The maximum Gasteiger partial charge on any atom is 0.359 e. The molecule has 0 spiro atoms. The summed E-state index contributed by atoms with van der Waals surface area (Å²) in [6.45, 7) is 3.92. The van der Waals surface area contributed by atoms with E-state index in [-0.39, 0.29) is 17.9 Å². The fourth-order valence-corrected chi connectivity index (χ4v) is 1.99. The summed E-state index contributed by atoms with van der Waals surface area (Å²) >= 11 is 0. The molecule has 5 nitrogen and oxygen atoms in total. The number of pyridine rings is 1. The number of rotatable bonds is 4. The van der Waals surface area contributed by atoms with Crippen molar-refractivity contribution in [2.24, 2.45) is 0 Å². The Kier molecular flexibility index (Phi) is 4.84. The smallest absolute Gasteiger partial charge is 0.359 e. The van der Waals surface area contributed by atoms with Crippen LogP contribution in [0.1, 0.15) is 29.4 Å². The van der Waals surface area contributed by atoms with Crippen molar-refractivity contribution in [3.63, 3.8) is 0 Å². The van der Waals surface area contributed by atoms with Crippen LogP contribution in [0.25, 0.3) is 0 Å². The lowest BCUT2D eigenvalue weighted by Crippen LogP contribution is -2.37. The Bertz CT molecular complexity index is 477. The molecular formula is C13H16F2N2O3. The monoisotopic (exact) mass is 286 g/mol. The minimum absolute atomic E-state index is 0.0677. The largest absolute Gasteiger partial charge is 0.461 e. The van der Waals surface area contributed by atoms with E-state index in [1.54, 1.807) is 6.92 Å². The van der Waals surface area contributed by atoms with Crippen molar-refractivity contribution in [1.29, 1.82) is 0 Å². The minimum Gasteiger partial charge on any atom is -0.461 e. The standard InChI is InChI=1S/C13H16F2N2O3/c1-2-20-13(18)11-10(17-3-5-19-6-4-17)7-9(8-16-11)12(14)15/h7-8,12H,2-6H2,1H3. The third-order valence-electron chi connectivity index (χ3n) is 2.96. The van der Waals surface area contributed by atoms with Gasteiger partial charge in [0.2, 0.25) is 0 Å². The average molecular weight is 286 g/mol. The predicted octanol–water partition coefficient (Wildman–Crippen LogP) is 2.03. The van der Waals surface area contributed by atoms with Gasteiger partial charge in [-0.25, -0.2) is 18.6 Å². The second-order valence-corrected chi connectivity index (χ2v) is 4.26. The molecule has 0 aromatic carbocycles. The first-order chi connectivity index (χ1) is 9.63. The molecule has 110 valence electrons. The third-order valence-corrected chi connectivity index (χ3v) is 2.96. The van der Waals surface area contributed by atoms with Crippen molar-refractivity contribution >= 4 is 11.7 Å². The molecule has 7 heteroatoms. The molecule has 0 saturated carbocycles. The molecule has 1 fully saturated rings. The molecule has 0 N–H and O–H groups in total. The Hall–Kier alpha value is -1.76. The van der Waals surface area contributed by atoms with Gasteiger partial charge in [0.15, 0.2) is 5.69 Å². The Morgan fingerprint density at radius 2 is 2.20 bits per heavy atom. The van der Waals surface area contributed by atoms with Crippen LogP contribution < -0.4 is 4.90 Å². The molecule has 20 heavy (non-hydrogen) atoms. The normalized spacial score (nSPS) is 15.5. The van der Waals surface area contributed by atoms with Gasteiger partial charge in [-0.15, -0.1) is 0 Å². The fraction of sp³-hybridized carbons (Fsp3) is 0.538. The summed E-state index contributed by atoms with van der Waals surface area (Å²) in [6, 6.07) is 1.30. The van der Waals surface area contributed by atoms with Gasteiger partial charge in [-0.05, 0) is 13.0 Å².